The number of nitrogens with one attached hydrogen (secondary N) is 1. The second-order valence-electron chi connectivity index (χ2n) is 4.92. The van der Waals surface area contributed by atoms with Crippen molar-refractivity contribution in [3.63, 3.8) is 0 Å². The van der Waals surface area contributed by atoms with Gasteiger partial charge in [-0.1, -0.05) is 5.16 Å². The van der Waals surface area contributed by atoms with Crippen molar-refractivity contribution in [1.29, 1.82) is 0 Å². The van der Waals surface area contributed by atoms with Gasteiger partial charge in [-0.25, -0.2) is 0 Å². The van der Waals surface area contributed by atoms with Gasteiger partial charge in [0.05, 0.1) is 11.8 Å². The van der Waals surface area contributed by atoms with E-state index in [0.717, 1.165) is 37.1 Å². The number of hydrogen-bond donors (Lipinski definition) is 1. The summed E-state index contributed by atoms with van der Waals surface area (Å²) in [6, 6.07) is 2.12. The molecule has 0 radical (unpaired) electrons. The topological polar surface area (TPSA) is 64.4 Å². The van der Waals surface area contributed by atoms with Gasteiger partial charge in [0.25, 0.3) is 0 Å². The average Bonchev–Trinajstić information content (AvgIpc) is 2.83. The van der Waals surface area contributed by atoms with E-state index in [4.69, 9.17) is 20.9 Å². The standard InChI is InChI=1S/C13H19ClN2O3/c1-9-6-12(19-16-9)8-18-11-4-2-10(3-5-11)15-13(17)7-14/h6,10-11H,2-5,7-8H2,1H3,(H,15,17). The molecule has 19 heavy (non-hydrogen) atoms. The molecule has 0 aromatic carbocycles. The third kappa shape index (κ3) is 4.51. The molecule has 5 nitrogen and oxygen atoms in total. The van der Waals surface area contributed by atoms with Crippen LogP contribution in [0.2, 0.25) is 0 Å². The van der Waals surface area contributed by atoms with Crippen LogP contribution in [0.3, 0.4) is 0 Å². The fourth-order valence-corrected chi connectivity index (χ4v) is 2.40. The van der Waals surface area contributed by atoms with Crippen LogP contribution in [-0.2, 0) is 16.1 Å². The van der Waals surface area contributed by atoms with Crippen LogP contribution >= 0.6 is 11.6 Å². The Bertz CT molecular complexity index is 414. The molecule has 1 aromatic heterocycles. The van der Waals surface area contributed by atoms with Crippen LogP contribution < -0.4 is 5.32 Å². The smallest absolute Gasteiger partial charge is 0.235 e. The van der Waals surface area contributed by atoms with Gasteiger partial charge in [-0.3, -0.25) is 4.79 Å². The first-order valence-electron chi connectivity index (χ1n) is 6.56. The van der Waals surface area contributed by atoms with E-state index in [0.29, 0.717) is 6.61 Å². The average molecular weight is 287 g/mol. The Kier molecular flexibility index (Phi) is 5.22. The predicted octanol–water partition coefficient (Wildman–Crippen LogP) is 2.17. The van der Waals surface area contributed by atoms with E-state index < -0.39 is 0 Å². The summed E-state index contributed by atoms with van der Waals surface area (Å²) in [6.07, 6.45) is 3.99. The maximum atomic E-state index is 11.2. The Morgan fingerprint density at radius 1 is 1.53 bits per heavy atom. The van der Waals surface area contributed by atoms with Crippen molar-refractivity contribution in [3.8, 4) is 0 Å². The molecule has 0 unspecified atom stereocenters. The van der Waals surface area contributed by atoms with Gasteiger partial charge >= 0.3 is 0 Å². The van der Waals surface area contributed by atoms with Crippen LogP contribution in [0.1, 0.15) is 37.1 Å². The molecule has 0 saturated heterocycles. The quantitative estimate of drug-likeness (QED) is 0.843. The Hall–Kier alpha value is -1.07. The molecule has 6 heteroatoms. The van der Waals surface area contributed by atoms with Crippen molar-refractivity contribution in [2.75, 3.05) is 5.88 Å². The summed E-state index contributed by atoms with van der Waals surface area (Å²) < 4.78 is 10.9. The highest BCUT2D eigenvalue weighted by Gasteiger charge is 2.22. The lowest BCUT2D eigenvalue weighted by Gasteiger charge is -2.28. The molecule has 0 bridgehead atoms. The lowest BCUT2D eigenvalue weighted by atomic mass is 9.93. The van der Waals surface area contributed by atoms with E-state index in [9.17, 15) is 4.79 Å². The van der Waals surface area contributed by atoms with Crippen molar-refractivity contribution < 1.29 is 14.1 Å². The molecule has 106 valence electrons. The zero-order valence-electron chi connectivity index (χ0n) is 11.0. The molecule has 1 aromatic rings. The second kappa shape index (κ2) is 6.91. The Morgan fingerprint density at radius 3 is 2.84 bits per heavy atom. The van der Waals surface area contributed by atoms with Gasteiger partial charge in [0.15, 0.2) is 5.76 Å². The second-order valence-corrected chi connectivity index (χ2v) is 5.19. The molecule has 0 aliphatic heterocycles. The number of rotatable bonds is 5. The molecule has 1 fully saturated rings. The fourth-order valence-electron chi connectivity index (χ4n) is 2.32. The molecule has 1 aliphatic rings. The normalized spacial score (nSPS) is 23.3. The van der Waals surface area contributed by atoms with Gasteiger partial charge in [0, 0.05) is 12.1 Å². The summed E-state index contributed by atoms with van der Waals surface area (Å²) in [5.74, 6) is 0.694. The molecular formula is C13H19ClN2O3. The number of alkyl halides is 1. The third-order valence-electron chi connectivity index (χ3n) is 3.30. The van der Waals surface area contributed by atoms with Gasteiger partial charge in [-0.05, 0) is 32.6 Å². The summed E-state index contributed by atoms with van der Waals surface area (Å²) in [7, 11) is 0. The van der Waals surface area contributed by atoms with Gasteiger partial charge < -0.3 is 14.6 Å². The largest absolute Gasteiger partial charge is 0.370 e. The molecule has 2 rings (SSSR count). The van der Waals surface area contributed by atoms with Gasteiger partial charge in [0.2, 0.25) is 5.91 Å². The van der Waals surface area contributed by atoms with Crippen molar-refractivity contribution in [3.05, 3.63) is 17.5 Å². The maximum absolute atomic E-state index is 11.2. The monoisotopic (exact) mass is 286 g/mol. The predicted molar refractivity (Wildman–Crippen MR) is 70.9 cm³/mol. The highest BCUT2D eigenvalue weighted by Crippen LogP contribution is 2.22. The molecule has 1 saturated carbocycles. The van der Waals surface area contributed by atoms with Gasteiger partial charge in [0.1, 0.15) is 12.5 Å². The first-order valence-corrected chi connectivity index (χ1v) is 7.10. The van der Waals surface area contributed by atoms with E-state index in [-0.39, 0.29) is 23.9 Å². The van der Waals surface area contributed by atoms with Crippen LogP contribution in [0.4, 0.5) is 0 Å². The molecule has 1 amide bonds. The third-order valence-corrected chi connectivity index (χ3v) is 3.54. The summed E-state index contributed by atoms with van der Waals surface area (Å²) in [6.45, 7) is 2.35. The van der Waals surface area contributed by atoms with Crippen LogP contribution in [0.25, 0.3) is 0 Å². The molecule has 0 spiro atoms. The van der Waals surface area contributed by atoms with E-state index in [1.807, 2.05) is 13.0 Å². The lowest BCUT2D eigenvalue weighted by Crippen LogP contribution is -2.39. The van der Waals surface area contributed by atoms with Gasteiger partial charge in [-0.2, -0.15) is 0 Å². The SMILES string of the molecule is Cc1cc(COC2CCC(NC(=O)CCl)CC2)on1. The van der Waals surface area contributed by atoms with E-state index in [2.05, 4.69) is 10.5 Å². The van der Waals surface area contributed by atoms with Crippen LogP contribution in [0, 0.1) is 6.92 Å². The van der Waals surface area contributed by atoms with E-state index in [1.54, 1.807) is 0 Å². The van der Waals surface area contributed by atoms with Crippen molar-refractivity contribution in [2.24, 2.45) is 0 Å². The number of nitrogens with zero attached hydrogens (tertiary/aromatic N) is 1. The number of carbonyl (C=O) groups is 1. The number of aromatic nitrogens is 1. The van der Waals surface area contributed by atoms with Crippen molar-refractivity contribution in [2.45, 2.75) is 51.4 Å². The number of hydrogen-bond acceptors (Lipinski definition) is 4. The number of amides is 1. The van der Waals surface area contributed by atoms with E-state index >= 15 is 0 Å². The molecule has 1 N–H and O–H groups in total. The van der Waals surface area contributed by atoms with Crippen LogP contribution in [-0.4, -0.2) is 29.1 Å². The number of carbonyl (C=O) groups excluding carboxylic acids is 1. The minimum atomic E-state index is -0.0943. The molecule has 0 atom stereocenters. The zero-order chi connectivity index (χ0) is 13.7. The molecular weight excluding hydrogens is 268 g/mol. The lowest BCUT2D eigenvalue weighted by molar-refractivity contribution is -0.119. The highest BCUT2D eigenvalue weighted by molar-refractivity contribution is 6.27. The minimum absolute atomic E-state index is 0.0290. The molecule has 1 aliphatic carbocycles. The Labute approximate surface area is 117 Å². The van der Waals surface area contributed by atoms with Crippen LogP contribution in [0.15, 0.2) is 10.6 Å². The fraction of sp³-hybridized carbons (Fsp3) is 0.692. The van der Waals surface area contributed by atoms with Gasteiger partial charge in [-0.15, -0.1) is 11.6 Å². The van der Waals surface area contributed by atoms with Crippen molar-refractivity contribution >= 4 is 17.5 Å². The Balaban J connectivity index is 1.67. The zero-order valence-corrected chi connectivity index (χ0v) is 11.8. The number of aryl methyl sites for hydroxylation is 1. The first-order chi connectivity index (χ1) is 9.17. The number of halogens is 1. The minimum Gasteiger partial charge on any atom is -0.370 e. The maximum Gasteiger partial charge on any atom is 0.235 e. The number of ether oxygens (including phenoxy) is 1. The summed E-state index contributed by atoms with van der Waals surface area (Å²) in [5.41, 5.74) is 0.867. The Morgan fingerprint density at radius 2 is 2.26 bits per heavy atom. The molecule has 1 heterocycles. The summed E-state index contributed by atoms with van der Waals surface area (Å²) in [4.78, 5) is 11.2. The summed E-state index contributed by atoms with van der Waals surface area (Å²) in [5, 5.41) is 6.73. The highest BCUT2D eigenvalue weighted by atomic mass is 35.5. The first kappa shape index (κ1) is 14.3. The van der Waals surface area contributed by atoms with E-state index in [1.165, 1.54) is 0 Å². The van der Waals surface area contributed by atoms with Crippen LogP contribution in [0.5, 0.6) is 0 Å². The van der Waals surface area contributed by atoms with Crippen molar-refractivity contribution in [1.82, 2.24) is 10.5 Å². The summed E-state index contributed by atoms with van der Waals surface area (Å²) >= 11 is 5.47.